The first kappa shape index (κ1) is 14.9. The van der Waals surface area contributed by atoms with Gasteiger partial charge in [0.2, 0.25) is 11.8 Å². The van der Waals surface area contributed by atoms with Gasteiger partial charge in [0, 0.05) is 22.5 Å². The van der Waals surface area contributed by atoms with E-state index >= 15 is 0 Å². The Morgan fingerprint density at radius 3 is 3.09 bits per heavy atom. The molecule has 0 radical (unpaired) electrons. The van der Waals surface area contributed by atoms with Gasteiger partial charge < -0.3 is 4.42 Å². The zero-order valence-electron chi connectivity index (χ0n) is 12.5. The van der Waals surface area contributed by atoms with Crippen LogP contribution in [0.2, 0.25) is 5.02 Å². The number of benzene rings is 1. The number of hydrogen-bond donors (Lipinski definition) is 0. The molecule has 1 atom stereocenters. The van der Waals surface area contributed by atoms with Gasteiger partial charge in [0.25, 0.3) is 0 Å². The molecule has 2 aromatic heterocycles. The Hall–Kier alpha value is -1.69. The summed E-state index contributed by atoms with van der Waals surface area (Å²) in [5, 5.41) is 13.3. The van der Waals surface area contributed by atoms with Crippen molar-refractivity contribution in [2.75, 3.05) is 6.54 Å². The van der Waals surface area contributed by atoms with Crippen LogP contribution in [0, 0.1) is 0 Å². The number of nitrogens with zero attached hydrogens (tertiary/aromatic N) is 3. The molecule has 6 heteroatoms. The summed E-state index contributed by atoms with van der Waals surface area (Å²) in [5.74, 6) is 1.32. The molecule has 23 heavy (non-hydrogen) atoms. The van der Waals surface area contributed by atoms with Crippen LogP contribution < -0.4 is 0 Å². The molecule has 0 saturated carbocycles. The molecule has 1 fully saturated rings. The molecule has 1 unspecified atom stereocenters. The minimum absolute atomic E-state index is 0.189. The van der Waals surface area contributed by atoms with Gasteiger partial charge in [-0.3, -0.25) is 4.90 Å². The summed E-state index contributed by atoms with van der Waals surface area (Å²) in [7, 11) is 0. The Labute approximate surface area is 143 Å². The van der Waals surface area contributed by atoms with Crippen molar-refractivity contribution in [3.05, 3.63) is 57.6 Å². The summed E-state index contributed by atoms with van der Waals surface area (Å²) in [6.45, 7) is 1.88. The van der Waals surface area contributed by atoms with E-state index < -0.39 is 0 Å². The fourth-order valence-corrected chi connectivity index (χ4v) is 3.88. The lowest BCUT2D eigenvalue weighted by Gasteiger charge is -2.21. The summed E-state index contributed by atoms with van der Waals surface area (Å²) in [6.07, 6.45) is 2.19. The van der Waals surface area contributed by atoms with Crippen LogP contribution in [0.4, 0.5) is 0 Å². The van der Waals surface area contributed by atoms with Gasteiger partial charge in [-0.1, -0.05) is 23.7 Å². The van der Waals surface area contributed by atoms with E-state index in [9.17, 15) is 0 Å². The summed E-state index contributed by atoms with van der Waals surface area (Å²) in [5.41, 5.74) is 2.20. The van der Waals surface area contributed by atoms with Crippen LogP contribution in [0.15, 0.2) is 45.5 Å². The van der Waals surface area contributed by atoms with Crippen molar-refractivity contribution in [2.24, 2.45) is 0 Å². The summed E-state index contributed by atoms with van der Waals surface area (Å²) in [6, 6.07) is 10.2. The average molecular weight is 346 g/mol. The molecule has 1 aliphatic rings. The number of rotatable bonds is 4. The third-order valence-electron chi connectivity index (χ3n) is 4.13. The molecule has 1 aliphatic heterocycles. The van der Waals surface area contributed by atoms with Crippen LogP contribution in [0.3, 0.4) is 0 Å². The molecule has 0 spiro atoms. The van der Waals surface area contributed by atoms with Gasteiger partial charge in [0.15, 0.2) is 0 Å². The Morgan fingerprint density at radius 2 is 2.26 bits per heavy atom. The zero-order chi connectivity index (χ0) is 15.6. The fraction of sp³-hybridized carbons (Fsp3) is 0.294. The van der Waals surface area contributed by atoms with Crippen molar-refractivity contribution in [1.29, 1.82) is 0 Å². The maximum Gasteiger partial charge on any atom is 0.248 e. The SMILES string of the molecule is Clc1cccc(CN2CCCC2c2nnc(-c3ccsc3)o2)c1. The van der Waals surface area contributed by atoms with Crippen molar-refractivity contribution in [1.82, 2.24) is 15.1 Å². The highest BCUT2D eigenvalue weighted by Crippen LogP contribution is 2.34. The Kier molecular flexibility index (Phi) is 4.16. The molecule has 3 aromatic rings. The molecule has 0 N–H and O–H groups in total. The van der Waals surface area contributed by atoms with Crippen molar-refractivity contribution in [3.63, 3.8) is 0 Å². The lowest BCUT2D eigenvalue weighted by molar-refractivity contribution is 0.215. The van der Waals surface area contributed by atoms with Crippen molar-refractivity contribution in [3.8, 4) is 11.5 Å². The predicted molar refractivity (Wildman–Crippen MR) is 91.4 cm³/mol. The lowest BCUT2D eigenvalue weighted by atomic mass is 10.2. The van der Waals surface area contributed by atoms with Gasteiger partial charge >= 0.3 is 0 Å². The topological polar surface area (TPSA) is 42.2 Å². The zero-order valence-corrected chi connectivity index (χ0v) is 14.1. The number of thiophene rings is 1. The lowest BCUT2D eigenvalue weighted by Crippen LogP contribution is -2.23. The highest BCUT2D eigenvalue weighted by Gasteiger charge is 2.30. The first-order valence-electron chi connectivity index (χ1n) is 7.64. The number of aromatic nitrogens is 2. The largest absolute Gasteiger partial charge is 0.419 e. The predicted octanol–water partition coefficient (Wildman–Crippen LogP) is 4.79. The van der Waals surface area contributed by atoms with Gasteiger partial charge in [-0.05, 0) is 48.5 Å². The molecule has 118 valence electrons. The van der Waals surface area contributed by atoms with E-state index in [1.54, 1.807) is 11.3 Å². The Morgan fingerprint density at radius 1 is 1.30 bits per heavy atom. The molecule has 1 aromatic carbocycles. The summed E-state index contributed by atoms with van der Waals surface area (Å²) >= 11 is 7.71. The molecule has 0 amide bonds. The van der Waals surface area contributed by atoms with Crippen LogP contribution in [-0.2, 0) is 6.54 Å². The average Bonchev–Trinajstić information content (AvgIpc) is 3.28. The quantitative estimate of drug-likeness (QED) is 0.681. The number of hydrogen-bond acceptors (Lipinski definition) is 5. The molecule has 3 heterocycles. The standard InChI is InChI=1S/C17H16ClN3OS/c18-14-4-1-3-12(9-14)10-21-7-2-5-15(21)17-20-19-16(22-17)13-6-8-23-11-13/h1,3-4,6,8-9,11,15H,2,5,7,10H2. The fourth-order valence-electron chi connectivity index (χ4n) is 3.04. The smallest absolute Gasteiger partial charge is 0.248 e. The maximum absolute atomic E-state index is 6.09. The van der Waals surface area contributed by atoms with Gasteiger partial charge in [-0.2, -0.15) is 11.3 Å². The second-order valence-corrected chi connectivity index (χ2v) is 6.93. The molecular formula is C17H16ClN3OS. The maximum atomic E-state index is 6.09. The Balaban J connectivity index is 1.54. The summed E-state index contributed by atoms with van der Waals surface area (Å²) < 4.78 is 5.92. The van der Waals surface area contributed by atoms with Gasteiger partial charge in [0.1, 0.15) is 0 Å². The van der Waals surface area contributed by atoms with Crippen LogP contribution in [0.5, 0.6) is 0 Å². The van der Waals surface area contributed by atoms with Gasteiger partial charge in [-0.15, -0.1) is 10.2 Å². The van der Waals surface area contributed by atoms with E-state index in [1.165, 1.54) is 5.56 Å². The van der Waals surface area contributed by atoms with Crippen LogP contribution >= 0.6 is 22.9 Å². The van der Waals surface area contributed by atoms with Crippen LogP contribution in [-0.4, -0.2) is 21.6 Å². The van der Waals surface area contributed by atoms with E-state index in [0.29, 0.717) is 11.8 Å². The number of likely N-dealkylation sites (tertiary alicyclic amines) is 1. The van der Waals surface area contributed by atoms with E-state index in [0.717, 1.165) is 36.5 Å². The Bertz CT molecular complexity index is 787. The van der Waals surface area contributed by atoms with Crippen molar-refractivity contribution >= 4 is 22.9 Å². The van der Waals surface area contributed by atoms with E-state index in [2.05, 4.69) is 21.2 Å². The van der Waals surface area contributed by atoms with E-state index in [4.69, 9.17) is 16.0 Å². The second-order valence-electron chi connectivity index (χ2n) is 5.72. The number of halogens is 1. The van der Waals surface area contributed by atoms with Gasteiger partial charge in [0.05, 0.1) is 6.04 Å². The van der Waals surface area contributed by atoms with E-state index in [-0.39, 0.29) is 6.04 Å². The van der Waals surface area contributed by atoms with Crippen LogP contribution in [0.25, 0.3) is 11.5 Å². The molecular weight excluding hydrogens is 330 g/mol. The highest BCUT2D eigenvalue weighted by atomic mass is 35.5. The normalized spacial score (nSPS) is 18.6. The first-order valence-corrected chi connectivity index (χ1v) is 8.96. The minimum Gasteiger partial charge on any atom is -0.419 e. The van der Waals surface area contributed by atoms with Crippen LogP contribution in [0.1, 0.15) is 30.3 Å². The van der Waals surface area contributed by atoms with Crippen molar-refractivity contribution in [2.45, 2.75) is 25.4 Å². The second kappa shape index (κ2) is 6.43. The first-order chi connectivity index (χ1) is 11.3. The highest BCUT2D eigenvalue weighted by molar-refractivity contribution is 7.08. The third-order valence-corrected chi connectivity index (χ3v) is 5.05. The van der Waals surface area contributed by atoms with E-state index in [1.807, 2.05) is 35.0 Å². The molecule has 1 saturated heterocycles. The monoisotopic (exact) mass is 345 g/mol. The molecule has 0 aliphatic carbocycles. The third kappa shape index (κ3) is 3.17. The van der Waals surface area contributed by atoms with Crippen molar-refractivity contribution < 1.29 is 4.42 Å². The minimum atomic E-state index is 0.189. The summed E-state index contributed by atoms with van der Waals surface area (Å²) in [4.78, 5) is 2.39. The molecule has 4 nitrogen and oxygen atoms in total. The molecule has 0 bridgehead atoms. The molecule has 4 rings (SSSR count). The van der Waals surface area contributed by atoms with Gasteiger partial charge in [-0.25, -0.2) is 0 Å².